The molecule has 0 aliphatic heterocycles. The molecule has 0 N–H and O–H groups in total. The van der Waals surface area contributed by atoms with Crippen molar-refractivity contribution < 1.29 is 0 Å². The Morgan fingerprint density at radius 2 is 0.864 bits per heavy atom. The molecule has 0 heterocycles. The van der Waals surface area contributed by atoms with Crippen molar-refractivity contribution in [3.63, 3.8) is 0 Å². The van der Waals surface area contributed by atoms with Gasteiger partial charge in [0, 0.05) is 10.7 Å². The normalized spacial score (nSPS) is 11.4. The summed E-state index contributed by atoms with van der Waals surface area (Å²) in [5, 5.41) is 7.86. The third kappa shape index (κ3) is 3.09. The predicted molar refractivity (Wildman–Crippen MR) is 106 cm³/mol. The Hall–Kier alpha value is -0.860. The zero-order valence-corrected chi connectivity index (χ0v) is 15.8. The van der Waals surface area contributed by atoms with E-state index in [1.54, 1.807) is 0 Å². The van der Waals surface area contributed by atoms with Crippen LogP contribution in [0.25, 0.3) is 21.5 Å². The molecular weight excluding hydrogens is 400 g/mol. The van der Waals surface area contributed by atoms with E-state index < -0.39 is 0 Å². The van der Waals surface area contributed by atoms with E-state index in [0.717, 1.165) is 23.5 Å². The Morgan fingerprint density at radius 3 is 1.14 bits per heavy atom. The van der Waals surface area contributed by atoms with Crippen molar-refractivity contribution in [2.75, 3.05) is 10.7 Å². The van der Waals surface area contributed by atoms with Crippen molar-refractivity contribution in [1.29, 1.82) is 0 Å². The van der Waals surface area contributed by atoms with Gasteiger partial charge >= 0.3 is 0 Å². The summed E-state index contributed by atoms with van der Waals surface area (Å²) in [7, 11) is 0. The average molecular weight is 420 g/mol. The quantitative estimate of drug-likeness (QED) is 0.310. The van der Waals surface area contributed by atoms with Crippen LogP contribution < -0.4 is 0 Å². The fraction of sp³-hybridized carbons (Fsp3) is 0.300. The molecule has 0 nitrogen and oxygen atoms in total. The molecule has 114 valence electrons. The molecule has 0 radical (unpaired) electrons. The van der Waals surface area contributed by atoms with Gasteiger partial charge in [-0.2, -0.15) is 0 Å². The van der Waals surface area contributed by atoms with Crippen molar-refractivity contribution in [1.82, 2.24) is 0 Å². The summed E-state index contributed by atoms with van der Waals surface area (Å²) in [6.45, 7) is 0. The third-order valence-electron chi connectivity index (χ3n) is 4.28. The van der Waals surface area contributed by atoms with E-state index in [1.165, 1.54) is 45.5 Å². The number of hydrogen-bond acceptors (Lipinski definition) is 0. The molecule has 0 fully saturated rings. The Bertz CT molecular complexity index is 654. The molecule has 0 atom stereocenters. The highest BCUT2D eigenvalue weighted by Crippen LogP contribution is 2.34. The van der Waals surface area contributed by atoms with Gasteiger partial charge in [-0.1, -0.05) is 80.4 Å². The standard InChI is InChI=1S/C20H20Br2/c21-13-5-11-19-15-7-1-2-8-16(15)20(12-6-14-22)18-10-4-3-9-17(18)19/h1-4,7-10H,5-6,11-14H2. The minimum atomic E-state index is 1.06. The van der Waals surface area contributed by atoms with E-state index >= 15 is 0 Å². The number of rotatable bonds is 6. The van der Waals surface area contributed by atoms with Gasteiger partial charge < -0.3 is 0 Å². The Balaban J connectivity index is 2.32. The molecular formula is C20H20Br2. The van der Waals surface area contributed by atoms with Crippen molar-refractivity contribution >= 4 is 53.4 Å². The number of fused-ring (bicyclic) bond motifs is 2. The maximum Gasteiger partial charge on any atom is 0.00344 e. The molecule has 0 aromatic heterocycles. The lowest BCUT2D eigenvalue weighted by atomic mass is 9.88. The molecule has 0 aliphatic carbocycles. The second-order valence-corrected chi connectivity index (χ2v) is 7.22. The molecule has 3 aromatic rings. The summed E-state index contributed by atoms with van der Waals surface area (Å²) in [5.74, 6) is 0. The number of alkyl halides is 2. The first-order valence-electron chi connectivity index (χ1n) is 7.90. The molecule has 0 unspecified atom stereocenters. The molecule has 22 heavy (non-hydrogen) atoms. The summed E-state index contributed by atoms with van der Waals surface area (Å²) in [5.41, 5.74) is 3.02. The zero-order chi connectivity index (χ0) is 15.4. The summed E-state index contributed by atoms with van der Waals surface area (Å²) < 4.78 is 0. The summed E-state index contributed by atoms with van der Waals surface area (Å²) >= 11 is 7.16. The van der Waals surface area contributed by atoms with Crippen molar-refractivity contribution in [3.05, 3.63) is 59.7 Å². The summed E-state index contributed by atoms with van der Waals surface area (Å²) in [4.78, 5) is 0. The smallest absolute Gasteiger partial charge is 0.00344 e. The lowest BCUT2D eigenvalue weighted by Gasteiger charge is -2.16. The summed E-state index contributed by atoms with van der Waals surface area (Å²) in [6, 6.07) is 17.9. The fourth-order valence-electron chi connectivity index (χ4n) is 3.33. The van der Waals surface area contributed by atoms with Gasteiger partial charge in [-0.3, -0.25) is 0 Å². The molecule has 3 rings (SSSR count). The van der Waals surface area contributed by atoms with Crippen LogP contribution in [-0.4, -0.2) is 10.7 Å². The summed E-state index contributed by atoms with van der Waals surface area (Å²) in [6.07, 6.45) is 4.61. The Morgan fingerprint density at radius 1 is 0.545 bits per heavy atom. The van der Waals surface area contributed by atoms with Crippen LogP contribution in [-0.2, 0) is 12.8 Å². The van der Waals surface area contributed by atoms with E-state index in [1.807, 2.05) is 0 Å². The van der Waals surface area contributed by atoms with Gasteiger partial charge in [0.05, 0.1) is 0 Å². The Kier molecular flexibility index (Phi) is 5.54. The van der Waals surface area contributed by atoms with Gasteiger partial charge in [0.25, 0.3) is 0 Å². The highest BCUT2D eigenvalue weighted by atomic mass is 79.9. The minimum Gasteiger partial charge on any atom is -0.0928 e. The molecule has 2 heteroatoms. The lowest BCUT2D eigenvalue weighted by molar-refractivity contribution is 0.945. The van der Waals surface area contributed by atoms with Crippen molar-refractivity contribution in [2.45, 2.75) is 25.7 Å². The molecule has 3 aromatic carbocycles. The SMILES string of the molecule is BrCCCc1c2ccccc2c(CCCBr)c2ccccc12. The van der Waals surface area contributed by atoms with Crippen LogP contribution in [0.1, 0.15) is 24.0 Å². The number of aryl methyl sites for hydroxylation is 2. The first kappa shape index (κ1) is 16.0. The second kappa shape index (κ2) is 7.61. The minimum absolute atomic E-state index is 1.06. The van der Waals surface area contributed by atoms with E-state index in [4.69, 9.17) is 0 Å². The highest BCUT2D eigenvalue weighted by molar-refractivity contribution is 9.09. The van der Waals surface area contributed by atoms with Crippen LogP contribution in [0.2, 0.25) is 0 Å². The first-order chi connectivity index (χ1) is 10.9. The topological polar surface area (TPSA) is 0 Å². The monoisotopic (exact) mass is 418 g/mol. The zero-order valence-electron chi connectivity index (χ0n) is 12.6. The molecule has 0 spiro atoms. The van der Waals surface area contributed by atoms with Crippen LogP contribution in [0.15, 0.2) is 48.5 Å². The van der Waals surface area contributed by atoms with Crippen LogP contribution in [0, 0.1) is 0 Å². The van der Waals surface area contributed by atoms with Crippen molar-refractivity contribution in [2.24, 2.45) is 0 Å². The number of hydrogen-bond donors (Lipinski definition) is 0. The maximum atomic E-state index is 3.58. The molecule has 0 amide bonds. The maximum absolute atomic E-state index is 3.58. The van der Waals surface area contributed by atoms with Gasteiger partial charge in [0.2, 0.25) is 0 Å². The number of benzene rings is 3. The van der Waals surface area contributed by atoms with E-state index in [-0.39, 0.29) is 0 Å². The van der Waals surface area contributed by atoms with Gasteiger partial charge in [-0.05, 0) is 58.4 Å². The highest BCUT2D eigenvalue weighted by Gasteiger charge is 2.12. The average Bonchev–Trinajstić information content (AvgIpc) is 2.58. The molecule has 0 aliphatic rings. The van der Waals surface area contributed by atoms with Crippen molar-refractivity contribution in [3.8, 4) is 0 Å². The lowest BCUT2D eigenvalue weighted by Crippen LogP contribution is -1.97. The predicted octanol–water partition coefficient (Wildman–Crippen LogP) is 6.65. The molecule has 0 saturated carbocycles. The van der Waals surface area contributed by atoms with Crippen LogP contribution in [0.4, 0.5) is 0 Å². The van der Waals surface area contributed by atoms with Gasteiger partial charge in [0.15, 0.2) is 0 Å². The van der Waals surface area contributed by atoms with Crippen LogP contribution in [0.5, 0.6) is 0 Å². The van der Waals surface area contributed by atoms with Gasteiger partial charge in [0.1, 0.15) is 0 Å². The first-order valence-corrected chi connectivity index (χ1v) is 10.1. The third-order valence-corrected chi connectivity index (χ3v) is 5.40. The van der Waals surface area contributed by atoms with Gasteiger partial charge in [-0.25, -0.2) is 0 Å². The fourth-order valence-corrected chi connectivity index (χ4v) is 3.90. The van der Waals surface area contributed by atoms with E-state index in [9.17, 15) is 0 Å². The van der Waals surface area contributed by atoms with Crippen LogP contribution >= 0.6 is 31.9 Å². The molecule has 0 saturated heterocycles. The largest absolute Gasteiger partial charge is 0.0928 e. The molecule has 0 bridgehead atoms. The van der Waals surface area contributed by atoms with Crippen LogP contribution in [0.3, 0.4) is 0 Å². The second-order valence-electron chi connectivity index (χ2n) is 5.63. The number of halogens is 2. The van der Waals surface area contributed by atoms with E-state index in [0.29, 0.717) is 0 Å². The Labute approximate surface area is 149 Å². The van der Waals surface area contributed by atoms with Gasteiger partial charge in [-0.15, -0.1) is 0 Å². The van der Waals surface area contributed by atoms with E-state index in [2.05, 4.69) is 80.4 Å².